The first-order chi connectivity index (χ1) is 8.61. The second kappa shape index (κ2) is 10.6. The maximum absolute atomic E-state index is 11.7. The van der Waals surface area contributed by atoms with Gasteiger partial charge >= 0.3 is 5.97 Å². The van der Waals surface area contributed by atoms with Crippen LogP contribution in [0.4, 0.5) is 0 Å². The Kier molecular flexibility index (Phi) is 9.68. The molecular formula is C14H24N2O2. The molecule has 18 heavy (non-hydrogen) atoms. The van der Waals surface area contributed by atoms with Gasteiger partial charge in [-0.05, 0) is 38.9 Å². The van der Waals surface area contributed by atoms with Crippen molar-refractivity contribution in [2.24, 2.45) is 0 Å². The highest BCUT2D eigenvalue weighted by atomic mass is 16.5. The number of hydrogen-bond acceptors (Lipinski definition) is 4. The summed E-state index contributed by atoms with van der Waals surface area (Å²) in [5, 5.41) is 3.12. The lowest BCUT2D eigenvalue weighted by atomic mass is 10.2. The summed E-state index contributed by atoms with van der Waals surface area (Å²) in [5.74, 6) is -0.350. The zero-order chi connectivity index (χ0) is 13.8. The van der Waals surface area contributed by atoms with Gasteiger partial charge in [0.15, 0.2) is 0 Å². The number of esters is 1. The van der Waals surface area contributed by atoms with Gasteiger partial charge in [-0.1, -0.05) is 26.0 Å². The molecule has 0 unspecified atom stereocenters. The highest BCUT2D eigenvalue weighted by Crippen LogP contribution is 2.01. The fourth-order valence-electron chi connectivity index (χ4n) is 1.10. The van der Waals surface area contributed by atoms with Gasteiger partial charge in [0.25, 0.3) is 0 Å². The van der Waals surface area contributed by atoms with Crippen molar-refractivity contribution in [1.82, 2.24) is 10.2 Å². The maximum atomic E-state index is 11.7. The van der Waals surface area contributed by atoms with Gasteiger partial charge in [-0.15, -0.1) is 0 Å². The van der Waals surface area contributed by atoms with Crippen LogP contribution >= 0.6 is 0 Å². The van der Waals surface area contributed by atoms with Crippen LogP contribution in [0.3, 0.4) is 0 Å². The number of nitrogens with one attached hydrogen (secondary N) is 1. The van der Waals surface area contributed by atoms with Crippen LogP contribution in [0.5, 0.6) is 0 Å². The first-order valence-corrected chi connectivity index (χ1v) is 6.16. The standard InChI is InChI=1S/C14H24N2O2/c1-5-7-10-15-11-9-13(8-6-2)14(17)18-12-16(3)4/h6,8-9,11,15H,2,5,7,10,12H2,1,3-4H3/b11-9-,13-8+. The minimum atomic E-state index is -0.350. The minimum Gasteiger partial charge on any atom is -0.446 e. The maximum Gasteiger partial charge on any atom is 0.339 e. The Hall–Kier alpha value is -1.55. The molecule has 0 saturated heterocycles. The van der Waals surface area contributed by atoms with Gasteiger partial charge in [-0.2, -0.15) is 0 Å². The van der Waals surface area contributed by atoms with E-state index in [1.165, 1.54) is 0 Å². The number of hydrogen-bond donors (Lipinski definition) is 1. The van der Waals surface area contributed by atoms with Gasteiger partial charge < -0.3 is 10.1 Å². The van der Waals surface area contributed by atoms with E-state index in [-0.39, 0.29) is 12.7 Å². The largest absolute Gasteiger partial charge is 0.446 e. The molecule has 0 atom stereocenters. The Bertz CT molecular complexity index is 307. The molecule has 0 aromatic carbocycles. The molecule has 0 amide bonds. The Morgan fingerprint density at radius 2 is 2.17 bits per heavy atom. The summed E-state index contributed by atoms with van der Waals surface area (Å²) in [6.07, 6.45) is 8.92. The quantitative estimate of drug-likeness (QED) is 0.224. The van der Waals surface area contributed by atoms with Crippen LogP contribution in [-0.2, 0) is 9.53 Å². The number of carbonyl (C=O) groups is 1. The fraction of sp³-hybridized carbons (Fsp3) is 0.500. The molecular weight excluding hydrogens is 228 g/mol. The van der Waals surface area contributed by atoms with E-state index in [2.05, 4.69) is 18.8 Å². The van der Waals surface area contributed by atoms with Gasteiger partial charge in [0.05, 0.1) is 5.57 Å². The number of carbonyl (C=O) groups excluding carboxylic acids is 1. The zero-order valence-electron chi connectivity index (χ0n) is 11.6. The molecule has 0 saturated carbocycles. The van der Waals surface area contributed by atoms with Crippen LogP contribution < -0.4 is 5.32 Å². The summed E-state index contributed by atoms with van der Waals surface area (Å²) in [6.45, 7) is 6.89. The highest BCUT2D eigenvalue weighted by Gasteiger charge is 2.07. The fourth-order valence-corrected chi connectivity index (χ4v) is 1.10. The first-order valence-electron chi connectivity index (χ1n) is 6.16. The van der Waals surface area contributed by atoms with E-state index in [0.717, 1.165) is 19.4 Å². The molecule has 0 rings (SSSR count). The van der Waals surface area contributed by atoms with Crippen molar-refractivity contribution >= 4 is 5.97 Å². The molecule has 0 aliphatic rings. The molecule has 0 fully saturated rings. The number of ether oxygens (including phenoxy) is 1. The van der Waals surface area contributed by atoms with Crippen molar-refractivity contribution in [2.75, 3.05) is 27.4 Å². The Morgan fingerprint density at radius 3 is 2.72 bits per heavy atom. The van der Waals surface area contributed by atoms with E-state index < -0.39 is 0 Å². The summed E-state index contributed by atoms with van der Waals surface area (Å²) in [6, 6.07) is 0. The first kappa shape index (κ1) is 16.4. The lowest BCUT2D eigenvalue weighted by Gasteiger charge is -2.10. The average Bonchev–Trinajstić information content (AvgIpc) is 2.34. The van der Waals surface area contributed by atoms with Crippen LogP contribution in [-0.4, -0.2) is 38.2 Å². The highest BCUT2D eigenvalue weighted by molar-refractivity contribution is 5.91. The monoisotopic (exact) mass is 252 g/mol. The SMILES string of the molecule is C=C/C=C(\C=C/NCCCC)C(=O)OCN(C)C. The molecule has 4 heteroatoms. The topological polar surface area (TPSA) is 41.6 Å². The number of nitrogens with zero attached hydrogens (tertiary/aromatic N) is 1. The van der Waals surface area contributed by atoms with E-state index in [1.807, 2.05) is 14.1 Å². The Morgan fingerprint density at radius 1 is 1.44 bits per heavy atom. The molecule has 0 spiro atoms. The average molecular weight is 252 g/mol. The van der Waals surface area contributed by atoms with Crippen LogP contribution in [0, 0.1) is 0 Å². The molecule has 0 bridgehead atoms. The summed E-state index contributed by atoms with van der Waals surface area (Å²) in [4.78, 5) is 13.5. The molecule has 0 radical (unpaired) electrons. The third-order valence-electron chi connectivity index (χ3n) is 2.04. The van der Waals surface area contributed by atoms with Crippen molar-refractivity contribution in [1.29, 1.82) is 0 Å². The van der Waals surface area contributed by atoms with Crippen molar-refractivity contribution in [2.45, 2.75) is 19.8 Å². The van der Waals surface area contributed by atoms with Gasteiger partial charge in [0.1, 0.15) is 6.73 Å². The number of allylic oxidation sites excluding steroid dienone is 2. The smallest absolute Gasteiger partial charge is 0.339 e. The molecule has 0 aliphatic carbocycles. The third kappa shape index (κ3) is 8.58. The number of rotatable bonds is 9. The van der Waals surface area contributed by atoms with E-state index in [1.54, 1.807) is 29.3 Å². The minimum absolute atomic E-state index is 0.268. The second-order valence-corrected chi connectivity index (χ2v) is 4.14. The Labute approximate surface area is 110 Å². The summed E-state index contributed by atoms with van der Waals surface area (Å²) < 4.78 is 5.09. The summed E-state index contributed by atoms with van der Waals surface area (Å²) in [5.41, 5.74) is 0.482. The molecule has 0 aliphatic heterocycles. The van der Waals surface area contributed by atoms with Crippen molar-refractivity contribution in [3.8, 4) is 0 Å². The van der Waals surface area contributed by atoms with E-state index in [9.17, 15) is 4.79 Å². The van der Waals surface area contributed by atoms with Crippen molar-refractivity contribution in [3.63, 3.8) is 0 Å². The summed E-state index contributed by atoms with van der Waals surface area (Å²) >= 11 is 0. The molecule has 102 valence electrons. The third-order valence-corrected chi connectivity index (χ3v) is 2.04. The molecule has 0 aromatic heterocycles. The predicted molar refractivity (Wildman–Crippen MR) is 75.0 cm³/mol. The van der Waals surface area contributed by atoms with Crippen LogP contribution in [0.15, 0.2) is 36.6 Å². The van der Waals surface area contributed by atoms with Crippen LogP contribution in [0.25, 0.3) is 0 Å². The second-order valence-electron chi connectivity index (χ2n) is 4.14. The van der Waals surface area contributed by atoms with Gasteiger partial charge in [0.2, 0.25) is 0 Å². The van der Waals surface area contributed by atoms with Crippen LogP contribution in [0.1, 0.15) is 19.8 Å². The molecule has 0 heterocycles. The lowest BCUT2D eigenvalue weighted by Crippen LogP contribution is -2.20. The van der Waals surface area contributed by atoms with Gasteiger partial charge in [-0.3, -0.25) is 4.90 Å². The van der Waals surface area contributed by atoms with E-state index >= 15 is 0 Å². The van der Waals surface area contributed by atoms with Crippen molar-refractivity contribution < 1.29 is 9.53 Å². The normalized spacial score (nSPS) is 11.9. The zero-order valence-corrected chi connectivity index (χ0v) is 11.6. The van der Waals surface area contributed by atoms with E-state index in [4.69, 9.17) is 4.74 Å². The van der Waals surface area contributed by atoms with Gasteiger partial charge in [0, 0.05) is 6.54 Å². The van der Waals surface area contributed by atoms with Crippen LogP contribution in [0.2, 0.25) is 0 Å². The molecule has 1 N–H and O–H groups in total. The van der Waals surface area contributed by atoms with Crippen molar-refractivity contribution in [3.05, 3.63) is 36.6 Å². The molecule has 0 aromatic rings. The lowest BCUT2D eigenvalue weighted by molar-refractivity contribution is -0.142. The van der Waals surface area contributed by atoms with Gasteiger partial charge in [-0.25, -0.2) is 4.79 Å². The van der Waals surface area contributed by atoms with E-state index in [0.29, 0.717) is 5.57 Å². The predicted octanol–water partition coefficient (Wildman–Crippen LogP) is 2.06. The number of unbranched alkanes of at least 4 members (excludes halogenated alkanes) is 1. The summed E-state index contributed by atoms with van der Waals surface area (Å²) in [7, 11) is 3.68. The Balaban J connectivity index is 4.25. The molecule has 4 nitrogen and oxygen atoms in total.